The number of hydrogen-bond acceptors (Lipinski definition) is 2. The molecule has 0 atom stereocenters. The van der Waals surface area contributed by atoms with Gasteiger partial charge in [-0.25, -0.2) is 65.9 Å². The third kappa shape index (κ3) is 3.69. The smallest absolute Gasteiger partial charge is 0.530 e. The van der Waals surface area contributed by atoms with Crippen LogP contribution in [0.1, 0.15) is 11.1 Å². The van der Waals surface area contributed by atoms with Crippen molar-refractivity contribution >= 4 is 44.9 Å². The van der Waals surface area contributed by atoms with E-state index < -0.39 is 172 Å². The van der Waals surface area contributed by atoms with E-state index in [1.165, 1.54) is 0 Å². The van der Waals surface area contributed by atoms with Crippen LogP contribution in [0, 0.1) is 93.1 Å². The molecule has 1 N–H and O–H groups in total. The Hall–Kier alpha value is -5.08. The van der Waals surface area contributed by atoms with Crippen LogP contribution in [0.15, 0.2) is 0 Å². The summed E-state index contributed by atoms with van der Waals surface area (Å²) in [6.45, 7) is 0. The Morgan fingerprint density at radius 3 is 1.20 bits per heavy atom. The molecule has 0 amide bonds. The highest BCUT2D eigenvalue weighted by atomic mass is 19.3. The van der Waals surface area contributed by atoms with Crippen molar-refractivity contribution in [2.75, 3.05) is 0 Å². The van der Waals surface area contributed by atoms with Gasteiger partial charge < -0.3 is 9.68 Å². The van der Waals surface area contributed by atoms with Gasteiger partial charge in [-0.05, 0) is 0 Å². The Morgan fingerprint density at radius 1 is 0.360 bits per heavy atom. The minimum Gasteiger partial charge on any atom is -0.530 e. The van der Waals surface area contributed by atoms with E-state index in [0.717, 1.165) is 0 Å². The summed E-state index contributed by atoms with van der Waals surface area (Å²) in [7, 11) is -3.84. The molecular weight excluding hydrogens is 733 g/mol. The van der Waals surface area contributed by atoms with Crippen molar-refractivity contribution in [1.29, 1.82) is 0 Å². The number of halogens is 18. The molecule has 0 aromatic heterocycles. The van der Waals surface area contributed by atoms with Crippen molar-refractivity contribution < 1.29 is 88.7 Å². The topological polar surface area (TPSA) is 29.5 Å². The summed E-state index contributed by atoms with van der Waals surface area (Å²) in [5.41, 5.74) is -12.0. The first-order valence-electron chi connectivity index (χ1n) is 12.9. The third-order valence-electron chi connectivity index (χ3n) is 8.16. The predicted molar refractivity (Wildman–Crippen MR) is 133 cm³/mol. The number of benzene rings is 6. The van der Waals surface area contributed by atoms with Crippen molar-refractivity contribution in [3.8, 4) is 16.9 Å². The van der Waals surface area contributed by atoms with E-state index in [1.54, 1.807) is 0 Å². The molecule has 7 rings (SSSR count). The van der Waals surface area contributed by atoms with Gasteiger partial charge in [0.25, 0.3) is 0 Å². The van der Waals surface area contributed by atoms with Crippen LogP contribution in [-0.2, 0) is 5.92 Å². The molecule has 0 bridgehead atoms. The number of fused-ring (bicyclic) bond motifs is 3. The Kier molecular flexibility index (Phi) is 6.84. The second-order valence-corrected chi connectivity index (χ2v) is 10.6. The van der Waals surface area contributed by atoms with Gasteiger partial charge in [-0.3, -0.25) is 0 Å². The van der Waals surface area contributed by atoms with Gasteiger partial charge >= 0.3 is 13.0 Å². The lowest BCUT2D eigenvalue weighted by molar-refractivity contribution is 0.0404. The molecule has 1 aliphatic rings. The highest BCUT2D eigenvalue weighted by Gasteiger charge is 2.56. The van der Waals surface area contributed by atoms with E-state index in [0.29, 0.717) is 0 Å². The molecule has 0 spiro atoms. The maximum absolute atomic E-state index is 15.6. The van der Waals surface area contributed by atoms with Crippen LogP contribution in [-0.4, -0.2) is 12.1 Å². The van der Waals surface area contributed by atoms with Gasteiger partial charge in [-0.2, -0.15) is 13.2 Å². The Bertz CT molecular complexity index is 2560. The highest BCUT2D eigenvalue weighted by Crippen LogP contribution is 2.58. The summed E-state index contributed by atoms with van der Waals surface area (Å²) in [5, 5.41) is -1.02. The molecule has 1 aliphatic carbocycles. The van der Waals surface area contributed by atoms with Crippen LogP contribution in [0.5, 0.6) is 5.75 Å². The van der Waals surface area contributed by atoms with Crippen LogP contribution in [0.25, 0.3) is 43.4 Å². The Balaban J connectivity index is 1.58. The molecule has 2 nitrogen and oxygen atoms in total. The first kappa shape index (κ1) is 33.4. The largest absolute Gasteiger partial charge is 0.564 e. The Labute approximate surface area is 261 Å². The van der Waals surface area contributed by atoms with Crippen molar-refractivity contribution in [3.63, 3.8) is 0 Å². The average Bonchev–Trinajstić information content (AvgIpc) is 3.31. The first-order valence-corrected chi connectivity index (χ1v) is 12.9. The second kappa shape index (κ2) is 10.2. The van der Waals surface area contributed by atoms with E-state index >= 15 is 35.1 Å². The van der Waals surface area contributed by atoms with Crippen LogP contribution in [0.2, 0.25) is 0 Å². The average molecular weight is 734 g/mol. The summed E-state index contributed by atoms with van der Waals surface area (Å²) >= 11 is 0. The number of hydrogen-bond donors (Lipinski definition) is 1. The van der Waals surface area contributed by atoms with E-state index in [1.807, 2.05) is 0 Å². The summed E-state index contributed by atoms with van der Waals surface area (Å²) in [6.07, 6.45) is 0. The lowest BCUT2D eigenvalue weighted by Gasteiger charge is -2.22. The normalized spacial score (nSPS) is 13.7. The summed E-state index contributed by atoms with van der Waals surface area (Å²) in [5.74, 6) is -52.6. The van der Waals surface area contributed by atoms with Crippen LogP contribution in [0.3, 0.4) is 0 Å². The van der Waals surface area contributed by atoms with Crippen molar-refractivity contribution in [2.45, 2.75) is 5.92 Å². The zero-order valence-electron chi connectivity index (χ0n) is 22.7. The lowest BCUT2D eigenvalue weighted by Crippen LogP contribution is -2.41. The fourth-order valence-corrected chi connectivity index (χ4v) is 6.13. The molecule has 0 radical (unpaired) electrons. The summed E-state index contributed by atoms with van der Waals surface area (Å²) < 4.78 is 272. The van der Waals surface area contributed by atoms with Gasteiger partial charge in [0.05, 0.1) is 27.3 Å². The molecule has 6 aromatic carbocycles. The van der Waals surface area contributed by atoms with Gasteiger partial charge in [0.1, 0.15) is 0 Å². The van der Waals surface area contributed by atoms with Crippen LogP contribution < -0.4 is 10.1 Å². The maximum Gasteiger partial charge on any atom is 0.564 e. The summed E-state index contributed by atoms with van der Waals surface area (Å²) in [4.78, 5) is 0. The zero-order valence-corrected chi connectivity index (χ0v) is 22.7. The molecular formula is C29HBF18O2. The van der Waals surface area contributed by atoms with E-state index in [9.17, 15) is 48.9 Å². The quantitative estimate of drug-likeness (QED) is 0.0649. The van der Waals surface area contributed by atoms with Crippen LogP contribution in [0.4, 0.5) is 79.0 Å². The molecule has 6 aromatic rings. The molecule has 0 unspecified atom stereocenters. The number of alkyl halides is 2. The highest BCUT2D eigenvalue weighted by molar-refractivity contribution is 6.64. The standard InChI is InChI=1S/C29HBF18O2/c31-12-3-4-10(29(47,48)9(3)21(40)26(45)24(12)43)28(27(46)25(44)13(4)32)50-30(49)11-5-1-2-7(15(34)14(5)33)19(38)23(42)20(39)8(2)17(36)16(35)6(1)18(37)22(11)41/h49H. The molecule has 258 valence electrons. The van der Waals surface area contributed by atoms with Crippen molar-refractivity contribution in [1.82, 2.24) is 0 Å². The van der Waals surface area contributed by atoms with Crippen molar-refractivity contribution in [3.05, 3.63) is 104 Å². The van der Waals surface area contributed by atoms with Gasteiger partial charge in [0.2, 0.25) is 5.82 Å². The molecule has 0 saturated heterocycles. The third-order valence-corrected chi connectivity index (χ3v) is 8.16. The molecule has 0 saturated carbocycles. The first-order chi connectivity index (χ1) is 23.2. The fraction of sp³-hybridized carbons (Fsp3) is 0.0345. The van der Waals surface area contributed by atoms with Crippen LogP contribution >= 0.6 is 0 Å². The van der Waals surface area contributed by atoms with E-state index in [2.05, 4.69) is 4.65 Å². The SMILES string of the molecule is OB(Oc1c(F)c(F)c(F)c2c1C(F)(F)c1c(F)c(F)c(F)c(F)c1-2)c1c(F)c(F)c2c(F)c(F)c3c(F)c(F)c(F)c4c(F)c(F)c1c2c34. The minimum absolute atomic E-state index is 1.74. The van der Waals surface area contributed by atoms with E-state index in [-0.39, 0.29) is 0 Å². The molecule has 0 aliphatic heterocycles. The molecule has 50 heavy (non-hydrogen) atoms. The summed E-state index contributed by atoms with van der Waals surface area (Å²) in [6, 6.07) is 0. The Morgan fingerprint density at radius 2 is 0.700 bits per heavy atom. The monoisotopic (exact) mass is 734 g/mol. The molecule has 21 heteroatoms. The van der Waals surface area contributed by atoms with Gasteiger partial charge in [-0.15, -0.1) is 0 Å². The van der Waals surface area contributed by atoms with Gasteiger partial charge in [0.15, 0.2) is 93.0 Å². The molecule has 0 fully saturated rings. The maximum atomic E-state index is 15.6. The lowest BCUT2D eigenvalue weighted by atomic mass is 9.73. The fourth-order valence-electron chi connectivity index (χ4n) is 6.13. The zero-order chi connectivity index (χ0) is 37.0. The van der Waals surface area contributed by atoms with Gasteiger partial charge in [0, 0.05) is 32.7 Å². The van der Waals surface area contributed by atoms with E-state index in [4.69, 9.17) is 0 Å². The number of rotatable bonds is 3. The minimum atomic E-state index is -5.47. The van der Waals surface area contributed by atoms with Crippen molar-refractivity contribution in [2.24, 2.45) is 0 Å². The molecule has 0 heterocycles. The predicted octanol–water partition coefficient (Wildman–Crippen LogP) is 8.70. The second-order valence-electron chi connectivity index (χ2n) is 10.6. The van der Waals surface area contributed by atoms with Gasteiger partial charge in [-0.1, -0.05) is 0 Å².